The van der Waals surface area contributed by atoms with Crippen molar-refractivity contribution < 1.29 is 28.6 Å². The van der Waals surface area contributed by atoms with Gasteiger partial charge < -0.3 is 19.5 Å². The van der Waals surface area contributed by atoms with Crippen LogP contribution in [0.2, 0.25) is 0 Å². The summed E-state index contributed by atoms with van der Waals surface area (Å²) in [6.45, 7) is 5.17. The third-order valence-corrected chi connectivity index (χ3v) is 3.91. The maximum atomic E-state index is 12.4. The molecule has 7 heteroatoms. The summed E-state index contributed by atoms with van der Waals surface area (Å²) >= 11 is 0. The molecule has 1 N–H and O–H groups in total. The number of Topliss-reactive ketones (excluding diaryl/α,β-unsaturated/α-hetero) is 1. The van der Waals surface area contributed by atoms with E-state index < -0.39 is 18.0 Å². The lowest BCUT2D eigenvalue weighted by atomic mass is 10.1. The molecular weight excluding hydrogens is 362 g/mol. The molecule has 0 fully saturated rings. The minimum Gasteiger partial charge on any atom is -0.493 e. The van der Waals surface area contributed by atoms with Gasteiger partial charge in [0.05, 0.1) is 19.3 Å². The largest absolute Gasteiger partial charge is 0.493 e. The zero-order valence-corrected chi connectivity index (χ0v) is 16.3. The van der Waals surface area contributed by atoms with E-state index in [1.165, 1.54) is 33.1 Å². The van der Waals surface area contributed by atoms with Gasteiger partial charge in [-0.15, -0.1) is 0 Å². The first-order valence-corrected chi connectivity index (χ1v) is 8.79. The van der Waals surface area contributed by atoms with Crippen LogP contribution in [0.4, 0.5) is 5.69 Å². The van der Waals surface area contributed by atoms with Crippen LogP contribution in [0, 0.1) is 0 Å². The monoisotopic (exact) mass is 385 g/mol. The van der Waals surface area contributed by atoms with Crippen molar-refractivity contribution in [2.75, 3.05) is 19.0 Å². The number of benzene rings is 2. The Morgan fingerprint density at radius 3 is 2.21 bits per heavy atom. The van der Waals surface area contributed by atoms with Crippen molar-refractivity contribution in [1.82, 2.24) is 0 Å². The lowest BCUT2D eigenvalue weighted by Gasteiger charge is -2.15. The second kappa shape index (κ2) is 9.55. The van der Waals surface area contributed by atoms with E-state index in [0.717, 1.165) is 0 Å². The fraction of sp³-hybridized carbons (Fsp3) is 0.286. The van der Waals surface area contributed by atoms with Crippen LogP contribution >= 0.6 is 0 Å². The van der Waals surface area contributed by atoms with E-state index >= 15 is 0 Å². The number of ether oxygens (including phenoxy) is 3. The molecule has 0 aliphatic carbocycles. The highest BCUT2D eigenvalue weighted by molar-refractivity contribution is 5.98. The Bertz CT molecular complexity index is 860. The van der Waals surface area contributed by atoms with Crippen molar-refractivity contribution in [3.8, 4) is 11.5 Å². The highest BCUT2D eigenvalue weighted by Crippen LogP contribution is 2.28. The van der Waals surface area contributed by atoms with Crippen molar-refractivity contribution in [1.29, 1.82) is 0 Å². The summed E-state index contributed by atoms with van der Waals surface area (Å²) in [7, 11) is 1.51. The number of rotatable bonds is 8. The molecule has 0 heterocycles. The van der Waals surface area contributed by atoms with Gasteiger partial charge in [0.1, 0.15) is 0 Å². The van der Waals surface area contributed by atoms with Gasteiger partial charge in [-0.3, -0.25) is 9.59 Å². The van der Waals surface area contributed by atoms with Gasteiger partial charge in [-0.25, -0.2) is 4.79 Å². The maximum Gasteiger partial charge on any atom is 0.339 e. The fourth-order valence-electron chi connectivity index (χ4n) is 2.39. The second-order valence-electron chi connectivity index (χ2n) is 5.97. The lowest BCUT2D eigenvalue weighted by molar-refractivity contribution is -0.123. The zero-order valence-electron chi connectivity index (χ0n) is 16.3. The molecule has 0 radical (unpaired) electrons. The van der Waals surface area contributed by atoms with Gasteiger partial charge in [0.2, 0.25) is 0 Å². The quantitative estimate of drug-likeness (QED) is 0.553. The molecule has 148 valence electrons. The highest BCUT2D eigenvalue weighted by Gasteiger charge is 2.20. The van der Waals surface area contributed by atoms with Crippen LogP contribution in [0.3, 0.4) is 0 Å². The van der Waals surface area contributed by atoms with Gasteiger partial charge in [-0.05, 0) is 63.2 Å². The molecule has 0 bridgehead atoms. The van der Waals surface area contributed by atoms with Gasteiger partial charge in [-0.1, -0.05) is 0 Å². The smallest absolute Gasteiger partial charge is 0.339 e. The van der Waals surface area contributed by atoms with E-state index in [9.17, 15) is 14.4 Å². The van der Waals surface area contributed by atoms with Crippen molar-refractivity contribution in [3.63, 3.8) is 0 Å². The van der Waals surface area contributed by atoms with E-state index in [1.54, 1.807) is 30.3 Å². The van der Waals surface area contributed by atoms with E-state index in [4.69, 9.17) is 14.2 Å². The molecule has 0 unspecified atom stereocenters. The first-order valence-electron chi connectivity index (χ1n) is 8.79. The van der Waals surface area contributed by atoms with Crippen LogP contribution in [0.1, 0.15) is 41.5 Å². The maximum absolute atomic E-state index is 12.4. The molecule has 0 aromatic heterocycles. The molecule has 0 saturated carbocycles. The fourth-order valence-corrected chi connectivity index (χ4v) is 2.39. The van der Waals surface area contributed by atoms with E-state index in [-0.39, 0.29) is 11.3 Å². The van der Waals surface area contributed by atoms with Gasteiger partial charge in [-0.2, -0.15) is 0 Å². The molecule has 0 spiro atoms. The highest BCUT2D eigenvalue weighted by atomic mass is 16.5. The van der Waals surface area contributed by atoms with E-state index in [1.807, 2.05) is 6.92 Å². The molecule has 2 rings (SSSR count). The number of nitrogens with one attached hydrogen (secondary N) is 1. The Hall–Kier alpha value is -3.35. The Labute approximate surface area is 163 Å². The Balaban J connectivity index is 2.02. The summed E-state index contributed by atoms with van der Waals surface area (Å²) in [6.07, 6.45) is -1.02. The molecule has 1 atom stereocenters. The first-order chi connectivity index (χ1) is 13.3. The van der Waals surface area contributed by atoms with Gasteiger partial charge >= 0.3 is 5.97 Å². The van der Waals surface area contributed by atoms with Crippen LogP contribution in [0.15, 0.2) is 42.5 Å². The van der Waals surface area contributed by atoms with Crippen LogP contribution in [-0.4, -0.2) is 37.5 Å². The zero-order chi connectivity index (χ0) is 20.7. The topological polar surface area (TPSA) is 90.9 Å². The summed E-state index contributed by atoms with van der Waals surface area (Å²) in [6, 6.07) is 11.1. The average Bonchev–Trinajstić information content (AvgIpc) is 2.68. The molecule has 28 heavy (non-hydrogen) atoms. The number of methoxy groups -OCH3 is 1. The minimum atomic E-state index is -1.02. The van der Waals surface area contributed by atoms with Crippen LogP contribution < -0.4 is 14.8 Å². The minimum absolute atomic E-state index is 0.0638. The van der Waals surface area contributed by atoms with Crippen LogP contribution in [0.5, 0.6) is 11.5 Å². The summed E-state index contributed by atoms with van der Waals surface area (Å²) in [5.41, 5.74) is 1.29. The number of anilines is 1. The van der Waals surface area contributed by atoms with Gasteiger partial charge in [0.15, 0.2) is 23.4 Å². The third-order valence-electron chi connectivity index (χ3n) is 3.91. The Morgan fingerprint density at radius 1 is 1.00 bits per heavy atom. The molecule has 0 aliphatic rings. The van der Waals surface area contributed by atoms with E-state index in [0.29, 0.717) is 29.4 Å². The number of hydrogen-bond donors (Lipinski definition) is 1. The van der Waals surface area contributed by atoms with Crippen LogP contribution in [0.25, 0.3) is 0 Å². The predicted octanol–water partition coefficient (Wildman–Crippen LogP) is 3.48. The molecule has 2 aromatic carbocycles. The summed E-state index contributed by atoms with van der Waals surface area (Å²) in [4.78, 5) is 35.9. The van der Waals surface area contributed by atoms with Crippen molar-refractivity contribution >= 4 is 23.3 Å². The summed E-state index contributed by atoms with van der Waals surface area (Å²) < 4.78 is 15.9. The number of esters is 1. The predicted molar refractivity (Wildman–Crippen MR) is 104 cm³/mol. The Morgan fingerprint density at radius 2 is 1.64 bits per heavy atom. The number of hydrogen-bond acceptors (Lipinski definition) is 6. The van der Waals surface area contributed by atoms with Crippen LogP contribution in [-0.2, 0) is 9.53 Å². The molecule has 0 aliphatic heterocycles. The third kappa shape index (κ3) is 5.33. The lowest BCUT2D eigenvalue weighted by Crippen LogP contribution is -2.30. The van der Waals surface area contributed by atoms with Crippen molar-refractivity contribution in [2.45, 2.75) is 26.9 Å². The first kappa shape index (κ1) is 21.0. The molecule has 0 saturated heterocycles. The SMILES string of the molecule is CCOc1cc(C(=O)O[C@@H](C)C(=O)Nc2ccc(C(C)=O)cc2)ccc1OC. The van der Waals surface area contributed by atoms with Crippen molar-refractivity contribution in [2.24, 2.45) is 0 Å². The van der Waals surface area contributed by atoms with E-state index in [2.05, 4.69) is 5.32 Å². The summed E-state index contributed by atoms with van der Waals surface area (Å²) in [5, 5.41) is 2.64. The normalized spacial score (nSPS) is 11.3. The van der Waals surface area contributed by atoms with Gasteiger partial charge in [0, 0.05) is 11.3 Å². The standard InChI is InChI=1S/C21H23NO6/c1-5-27-19-12-16(8-11-18(19)26-4)21(25)28-14(3)20(24)22-17-9-6-15(7-10-17)13(2)23/h6-12,14H,5H2,1-4H3,(H,22,24)/t14-/m0/s1. The second-order valence-corrected chi connectivity index (χ2v) is 5.97. The Kier molecular flexibility index (Phi) is 7.14. The summed E-state index contributed by atoms with van der Waals surface area (Å²) in [5.74, 6) is -0.285. The number of carbonyl (C=O) groups is 3. The molecule has 7 nitrogen and oxygen atoms in total. The van der Waals surface area contributed by atoms with Gasteiger partial charge in [0.25, 0.3) is 5.91 Å². The van der Waals surface area contributed by atoms with Crippen molar-refractivity contribution in [3.05, 3.63) is 53.6 Å². The average molecular weight is 385 g/mol. The molecular formula is C21H23NO6. The molecule has 1 amide bonds. The number of ketones is 1. The molecule has 2 aromatic rings. The number of carbonyl (C=O) groups excluding carboxylic acids is 3. The number of amides is 1.